The van der Waals surface area contributed by atoms with Crippen molar-refractivity contribution in [1.82, 2.24) is 0 Å². The van der Waals surface area contributed by atoms with Gasteiger partial charge in [0.2, 0.25) is 0 Å². The van der Waals surface area contributed by atoms with Crippen LogP contribution in [0.2, 0.25) is 0 Å². The van der Waals surface area contributed by atoms with Crippen molar-refractivity contribution in [2.24, 2.45) is 0 Å². The molecule has 0 aliphatic heterocycles. The summed E-state index contributed by atoms with van der Waals surface area (Å²) in [5.74, 6) is -0.930. The zero-order valence-corrected chi connectivity index (χ0v) is 18.5. The number of carbonyl (C=O) groups excluding carboxylic acids is 2. The van der Waals surface area contributed by atoms with Crippen LogP contribution in [-0.2, 0) is 4.79 Å². The van der Waals surface area contributed by atoms with E-state index in [2.05, 4.69) is 24.5 Å². The zero-order valence-electron chi connectivity index (χ0n) is 18.5. The monoisotopic (exact) mass is 446 g/mol. The number of benzene rings is 3. The minimum absolute atomic E-state index is 0.00959. The molecular weight excluding hydrogens is 420 g/mol. The van der Waals surface area contributed by atoms with Gasteiger partial charge in [0.05, 0.1) is 11.3 Å². The average Bonchev–Trinajstić information content (AvgIpc) is 2.83. The second-order valence-corrected chi connectivity index (χ2v) is 7.60. The van der Waals surface area contributed by atoms with Crippen molar-refractivity contribution < 1.29 is 24.2 Å². The van der Waals surface area contributed by atoms with E-state index >= 15 is 0 Å². The van der Waals surface area contributed by atoms with Gasteiger partial charge >= 0.3 is 5.97 Å². The molecule has 0 aliphatic rings. The molecule has 0 spiro atoms. The van der Waals surface area contributed by atoms with Crippen LogP contribution in [0.3, 0.4) is 0 Å². The van der Waals surface area contributed by atoms with E-state index in [1.807, 2.05) is 24.3 Å². The highest BCUT2D eigenvalue weighted by atomic mass is 16.5. The van der Waals surface area contributed by atoms with Gasteiger partial charge in [0.25, 0.3) is 11.8 Å². The number of amides is 2. The van der Waals surface area contributed by atoms with Gasteiger partial charge < -0.3 is 20.5 Å². The molecule has 33 heavy (non-hydrogen) atoms. The van der Waals surface area contributed by atoms with Crippen LogP contribution in [0.4, 0.5) is 11.4 Å². The minimum Gasteiger partial charge on any atom is -0.484 e. The van der Waals surface area contributed by atoms with Gasteiger partial charge in [0.15, 0.2) is 6.61 Å². The summed E-state index contributed by atoms with van der Waals surface area (Å²) in [7, 11) is 0. The van der Waals surface area contributed by atoms with Gasteiger partial charge in [-0.05, 0) is 60.4 Å². The SMILES string of the molecule is CCC(C)c1ccc(OCC(=O)Nc2cccc(C(=O)Nc3ccccc3C(=O)O)c2)cc1. The fourth-order valence-electron chi connectivity index (χ4n) is 3.19. The predicted octanol–water partition coefficient (Wildman–Crippen LogP) is 5.17. The highest BCUT2D eigenvalue weighted by molar-refractivity contribution is 6.08. The Labute approximate surface area is 192 Å². The molecule has 0 heterocycles. The number of anilines is 2. The first-order valence-electron chi connectivity index (χ1n) is 10.6. The fraction of sp³-hybridized carbons (Fsp3) is 0.192. The first kappa shape index (κ1) is 23.5. The van der Waals surface area contributed by atoms with Crippen molar-refractivity contribution in [2.75, 3.05) is 17.2 Å². The Kier molecular flexibility index (Phi) is 7.81. The molecular formula is C26H26N2O5. The molecule has 0 saturated heterocycles. The Morgan fingerprint density at radius 3 is 2.36 bits per heavy atom. The van der Waals surface area contributed by atoms with Gasteiger partial charge in [-0.2, -0.15) is 0 Å². The van der Waals surface area contributed by atoms with E-state index in [4.69, 9.17) is 4.74 Å². The van der Waals surface area contributed by atoms with Crippen LogP contribution in [0.1, 0.15) is 52.5 Å². The molecule has 3 rings (SSSR count). The zero-order chi connectivity index (χ0) is 23.8. The number of hydrogen-bond acceptors (Lipinski definition) is 4. The lowest BCUT2D eigenvalue weighted by molar-refractivity contribution is -0.118. The summed E-state index contributed by atoms with van der Waals surface area (Å²) in [6.45, 7) is 4.11. The van der Waals surface area contributed by atoms with Crippen molar-refractivity contribution >= 4 is 29.2 Å². The molecule has 0 fully saturated rings. The fourth-order valence-corrected chi connectivity index (χ4v) is 3.19. The largest absolute Gasteiger partial charge is 0.484 e. The van der Waals surface area contributed by atoms with E-state index in [0.717, 1.165) is 6.42 Å². The highest BCUT2D eigenvalue weighted by Gasteiger charge is 2.14. The molecule has 3 aromatic carbocycles. The number of rotatable bonds is 9. The first-order valence-corrected chi connectivity index (χ1v) is 10.6. The van der Waals surface area contributed by atoms with Crippen LogP contribution in [0.5, 0.6) is 5.75 Å². The van der Waals surface area contributed by atoms with Gasteiger partial charge in [-0.1, -0.05) is 44.2 Å². The predicted molar refractivity (Wildman–Crippen MR) is 127 cm³/mol. The summed E-state index contributed by atoms with van der Waals surface area (Å²) in [4.78, 5) is 36.2. The highest BCUT2D eigenvalue weighted by Crippen LogP contribution is 2.22. The van der Waals surface area contributed by atoms with Crippen LogP contribution in [0.15, 0.2) is 72.8 Å². The van der Waals surface area contributed by atoms with E-state index in [0.29, 0.717) is 17.4 Å². The summed E-state index contributed by atoms with van der Waals surface area (Å²) >= 11 is 0. The molecule has 0 aliphatic carbocycles. The standard InChI is InChI=1S/C26H26N2O5/c1-3-17(2)18-11-13-21(14-12-18)33-16-24(29)27-20-8-6-7-19(15-20)25(30)28-23-10-5-4-9-22(23)26(31)32/h4-15,17H,3,16H2,1-2H3,(H,27,29)(H,28,30)(H,31,32). The summed E-state index contributed by atoms with van der Waals surface area (Å²) in [5.41, 5.74) is 2.10. The third kappa shape index (κ3) is 6.43. The molecule has 0 bridgehead atoms. The van der Waals surface area contributed by atoms with Crippen molar-refractivity contribution in [1.29, 1.82) is 0 Å². The number of carboxylic acids is 1. The Balaban J connectivity index is 1.59. The lowest BCUT2D eigenvalue weighted by Crippen LogP contribution is -2.20. The Morgan fingerprint density at radius 2 is 1.67 bits per heavy atom. The third-order valence-electron chi connectivity index (χ3n) is 5.25. The van der Waals surface area contributed by atoms with Crippen LogP contribution in [-0.4, -0.2) is 29.5 Å². The Morgan fingerprint density at radius 1 is 0.939 bits per heavy atom. The van der Waals surface area contributed by atoms with Gasteiger partial charge in [-0.25, -0.2) is 4.79 Å². The van der Waals surface area contributed by atoms with Crippen LogP contribution in [0.25, 0.3) is 0 Å². The molecule has 170 valence electrons. The summed E-state index contributed by atoms with van der Waals surface area (Å²) < 4.78 is 5.55. The number of ether oxygens (including phenoxy) is 1. The molecule has 3 N–H and O–H groups in total. The molecule has 1 atom stereocenters. The molecule has 0 saturated carbocycles. The van der Waals surface area contributed by atoms with Gasteiger partial charge in [-0.3, -0.25) is 9.59 Å². The van der Waals surface area contributed by atoms with E-state index in [9.17, 15) is 19.5 Å². The van der Waals surface area contributed by atoms with Crippen molar-refractivity contribution in [3.63, 3.8) is 0 Å². The summed E-state index contributed by atoms with van der Waals surface area (Å²) in [5, 5.41) is 14.6. The number of carboxylic acid groups (broad SMARTS) is 1. The molecule has 0 radical (unpaired) electrons. The Bertz CT molecular complexity index is 1140. The second kappa shape index (κ2) is 10.9. The van der Waals surface area contributed by atoms with Gasteiger partial charge in [-0.15, -0.1) is 0 Å². The van der Waals surface area contributed by atoms with Crippen LogP contribution in [0, 0.1) is 0 Å². The van der Waals surface area contributed by atoms with Gasteiger partial charge in [0.1, 0.15) is 5.75 Å². The van der Waals surface area contributed by atoms with Gasteiger partial charge in [0, 0.05) is 11.3 Å². The topological polar surface area (TPSA) is 105 Å². The van der Waals surface area contributed by atoms with Crippen molar-refractivity contribution in [2.45, 2.75) is 26.2 Å². The van der Waals surface area contributed by atoms with Crippen LogP contribution < -0.4 is 15.4 Å². The van der Waals surface area contributed by atoms with Crippen molar-refractivity contribution in [3.05, 3.63) is 89.5 Å². The molecule has 3 aromatic rings. The maximum atomic E-state index is 12.6. The van der Waals surface area contributed by atoms with E-state index in [1.54, 1.807) is 30.3 Å². The second-order valence-electron chi connectivity index (χ2n) is 7.60. The summed E-state index contributed by atoms with van der Waals surface area (Å²) in [6, 6.07) is 20.2. The smallest absolute Gasteiger partial charge is 0.337 e. The number of nitrogens with one attached hydrogen (secondary N) is 2. The molecule has 7 nitrogen and oxygen atoms in total. The number of para-hydroxylation sites is 1. The molecule has 2 amide bonds. The third-order valence-corrected chi connectivity index (χ3v) is 5.25. The lowest BCUT2D eigenvalue weighted by Gasteiger charge is -2.12. The normalized spacial score (nSPS) is 11.3. The average molecular weight is 447 g/mol. The Hall–Kier alpha value is -4.13. The van der Waals surface area contributed by atoms with Crippen LogP contribution >= 0.6 is 0 Å². The lowest BCUT2D eigenvalue weighted by atomic mass is 9.99. The van der Waals surface area contributed by atoms with E-state index in [1.165, 1.54) is 23.8 Å². The number of aromatic carboxylic acids is 1. The number of hydrogen-bond donors (Lipinski definition) is 3. The van der Waals surface area contributed by atoms with E-state index < -0.39 is 11.9 Å². The minimum atomic E-state index is -1.14. The molecule has 1 unspecified atom stereocenters. The summed E-state index contributed by atoms with van der Waals surface area (Å²) in [6.07, 6.45) is 1.05. The molecule has 7 heteroatoms. The maximum absolute atomic E-state index is 12.6. The molecule has 0 aromatic heterocycles. The first-order chi connectivity index (χ1) is 15.9. The van der Waals surface area contributed by atoms with E-state index in [-0.39, 0.29) is 29.3 Å². The maximum Gasteiger partial charge on any atom is 0.337 e. The van der Waals surface area contributed by atoms with Crippen molar-refractivity contribution in [3.8, 4) is 5.75 Å². The quantitative estimate of drug-likeness (QED) is 0.421. The number of carbonyl (C=O) groups is 3.